The molecule has 4 heteroatoms. The number of ether oxygens (including phenoxy) is 1. The number of rotatable bonds is 7. The van der Waals surface area contributed by atoms with Gasteiger partial charge in [0, 0.05) is 29.2 Å². The van der Waals surface area contributed by atoms with Gasteiger partial charge in [-0.15, -0.1) is 6.58 Å². The molecule has 0 atom stereocenters. The van der Waals surface area contributed by atoms with E-state index in [0.29, 0.717) is 12.5 Å². The molecule has 1 aromatic heterocycles. The molecule has 3 nitrogen and oxygen atoms in total. The number of hydrogen-bond donors (Lipinski definition) is 1. The second-order valence-corrected chi connectivity index (χ2v) is 4.87. The van der Waals surface area contributed by atoms with Crippen molar-refractivity contribution in [1.29, 1.82) is 0 Å². The fourth-order valence-electron chi connectivity index (χ4n) is 1.31. The third-order valence-electron chi connectivity index (χ3n) is 2.23. The minimum atomic E-state index is 0.628. The molecular weight excluding hydrogens is 280 g/mol. The Balaban J connectivity index is 2.64. The summed E-state index contributed by atoms with van der Waals surface area (Å²) in [5.74, 6) is 0.704. The third kappa shape index (κ3) is 5.33. The summed E-state index contributed by atoms with van der Waals surface area (Å²) in [4.78, 5) is 4.29. The van der Waals surface area contributed by atoms with Gasteiger partial charge in [0.1, 0.15) is 0 Å². The lowest BCUT2D eigenvalue weighted by Crippen LogP contribution is -2.13. The van der Waals surface area contributed by atoms with Gasteiger partial charge in [0.2, 0.25) is 5.88 Å². The monoisotopic (exact) mass is 298 g/mol. The molecule has 0 radical (unpaired) electrons. The van der Waals surface area contributed by atoms with Gasteiger partial charge < -0.3 is 10.1 Å². The number of hydrogen-bond acceptors (Lipinski definition) is 3. The van der Waals surface area contributed by atoms with Crippen LogP contribution in [0.2, 0.25) is 0 Å². The molecule has 0 aliphatic carbocycles. The van der Waals surface area contributed by atoms with Crippen LogP contribution in [0.15, 0.2) is 28.9 Å². The second kappa shape index (κ2) is 7.45. The van der Waals surface area contributed by atoms with Crippen molar-refractivity contribution in [2.45, 2.75) is 26.8 Å². The van der Waals surface area contributed by atoms with Gasteiger partial charge in [-0.25, -0.2) is 4.98 Å². The van der Waals surface area contributed by atoms with Gasteiger partial charge in [0.25, 0.3) is 0 Å². The molecule has 17 heavy (non-hydrogen) atoms. The summed E-state index contributed by atoms with van der Waals surface area (Å²) in [5.41, 5.74) is 2.19. The van der Waals surface area contributed by atoms with Crippen LogP contribution in [0.25, 0.3) is 0 Å². The number of aromatic nitrogens is 1. The number of pyridine rings is 1. The molecule has 0 spiro atoms. The Morgan fingerprint density at radius 2 is 2.35 bits per heavy atom. The van der Waals surface area contributed by atoms with Crippen LogP contribution in [-0.2, 0) is 6.54 Å². The molecule has 0 fully saturated rings. The molecule has 0 saturated heterocycles. The van der Waals surface area contributed by atoms with E-state index in [1.165, 1.54) is 0 Å². The van der Waals surface area contributed by atoms with Gasteiger partial charge in [0.15, 0.2) is 0 Å². The van der Waals surface area contributed by atoms with E-state index in [-0.39, 0.29) is 0 Å². The summed E-state index contributed by atoms with van der Waals surface area (Å²) in [6, 6.07) is 2.03. The summed E-state index contributed by atoms with van der Waals surface area (Å²) in [5, 5.41) is 3.27. The number of nitrogens with zero attached hydrogens (tertiary/aromatic N) is 1. The Kier molecular flexibility index (Phi) is 6.22. The first kappa shape index (κ1) is 14.2. The molecule has 1 aromatic rings. The van der Waals surface area contributed by atoms with E-state index < -0.39 is 0 Å². The Bertz CT molecular complexity index is 380. The van der Waals surface area contributed by atoms with E-state index in [2.05, 4.69) is 39.7 Å². The molecule has 0 aromatic carbocycles. The minimum absolute atomic E-state index is 0.628. The topological polar surface area (TPSA) is 34.1 Å². The van der Waals surface area contributed by atoms with Crippen molar-refractivity contribution in [2.24, 2.45) is 0 Å². The number of halogens is 1. The molecule has 0 unspecified atom stereocenters. The van der Waals surface area contributed by atoms with Crippen LogP contribution < -0.4 is 10.1 Å². The second-order valence-electron chi connectivity index (χ2n) is 3.95. The van der Waals surface area contributed by atoms with Crippen LogP contribution in [-0.4, -0.2) is 18.1 Å². The van der Waals surface area contributed by atoms with Crippen molar-refractivity contribution in [3.8, 4) is 5.88 Å². The molecular formula is C13H19BrN2O. The smallest absolute Gasteiger partial charge is 0.217 e. The van der Waals surface area contributed by atoms with Gasteiger partial charge in [0.05, 0.1) is 6.61 Å². The van der Waals surface area contributed by atoms with Crippen LogP contribution in [0.4, 0.5) is 0 Å². The summed E-state index contributed by atoms with van der Waals surface area (Å²) in [7, 11) is 0. The highest BCUT2D eigenvalue weighted by atomic mass is 79.9. The quantitative estimate of drug-likeness (QED) is 0.784. The maximum atomic E-state index is 5.67. The van der Waals surface area contributed by atoms with Crippen molar-refractivity contribution in [1.82, 2.24) is 10.3 Å². The molecule has 0 saturated carbocycles. The van der Waals surface area contributed by atoms with E-state index in [9.17, 15) is 0 Å². The van der Waals surface area contributed by atoms with E-state index in [1.54, 1.807) is 6.20 Å². The molecule has 0 aliphatic heterocycles. The van der Waals surface area contributed by atoms with Gasteiger partial charge in [-0.3, -0.25) is 0 Å². The maximum absolute atomic E-state index is 5.67. The van der Waals surface area contributed by atoms with Crippen LogP contribution in [0.3, 0.4) is 0 Å². The van der Waals surface area contributed by atoms with Crippen molar-refractivity contribution >= 4 is 15.9 Å². The Morgan fingerprint density at radius 1 is 1.59 bits per heavy atom. The van der Waals surface area contributed by atoms with Crippen LogP contribution in [0.5, 0.6) is 5.88 Å². The SMILES string of the molecule is C=C(C)CCOc1ncc(Br)cc1CNCC. The molecule has 1 rings (SSSR count). The van der Waals surface area contributed by atoms with Gasteiger partial charge >= 0.3 is 0 Å². The molecule has 94 valence electrons. The number of nitrogens with one attached hydrogen (secondary N) is 1. The zero-order valence-corrected chi connectivity index (χ0v) is 12.0. The van der Waals surface area contributed by atoms with E-state index in [4.69, 9.17) is 4.74 Å². The van der Waals surface area contributed by atoms with Crippen molar-refractivity contribution in [2.75, 3.05) is 13.2 Å². The molecule has 0 amide bonds. The first-order valence-corrected chi connectivity index (χ1v) is 6.55. The van der Waals surface area contributed by atoms with E-state index >= 15 is 0 Å². The van der Waals surface area contributed by atoms with Gasteiger partial charge in [-0.1, -0.05) is 12.5 Å². The molecule has 1 heterocycles. The summed E-state index contributed by atoms with van der Waals surface area (Å²) < 4.78 is 6.64. The Labute approximate surface area is 111 Å². The lowest BCUT2D eigenvalue weighted by atomic mass is 10.2. The summed E-state index contributed by atoms with van der Waals surface area (Å²) >= 11 is 3.42. The predicted molar refractivity (Wildman–Crippen MR) is 74.2 cm³/mol. The highest BCUT2D eigenvalue weighted by Gasteiger charge is 2.05. The van der Waals surface area contributed by atoms with Crippen LogP contribution >= 0.6 is 15.9 Å². The largest absolute Gasteiger partial charge is 0.477 e. The van der Waals surface area contributed by atoms with Crippen molar-refractivity contribution in [3.05, 3.63) is 34.5 Å². The minimum Gasteiger partial charge on any atom is -0.477 e. The molecule has 0 aliphatic rings. The molecule has 0 bridgehead atoms. The first-order valence-electron chi connectivity index (χ1n) is 5.75. The molecule has 1 N–H and O–H groups in total. The lowest BCUT2D eigenvalue weighted by Gasteiger charge is -2.11. The summed E-state index contributed by atoms with van der Waals surface area (Å²) in [6.45, 7) is 10.3. The fourth-order valence-corrected chi connectivity index (χ4v) is 1.69. The average Bonchev–Trinajstić information content (AvgIpc) is 2.28. The fraction of sp³-hybridized carbons (Fsp3) is 0.462. The zero-order valence-electron chi connectivity index (χ0n) is 10.4. The van der Waals surface area contributed by atoms with Gasteiger partial charge in [-0.2, -0.15) is 0 Å². The highest BCUT2D eigenvalue weighted by molar-refractivity contribution is 9.10. The van der Waals surface area contributed by atoms with Gasteiger partial charge in [-0.05, 0) is 35.5 Å². The predicted octanol–water partition coefficient (Wildman–Crippen LogP) is 3.30. The standard InChI is InChI=1S/C13H19BrN2O/c1-4-15-8-11-7-12(14)9-16-13(11)17-6-5-10(2)3/h7,9,15H,2,4-6,8H2,1,3H3. The highest BCUT2D eigenvalue weighted by Crippen LogP contribution is 2.20. The normalized spacial score (nSPS) is 10.3. The average molecular weight is 299 g/mol. The Hall–Kier alpha value is -0.870. The first-order chi connectivity index (χ1) is 8.13. The third-order valence-corrected chi connectivity index (χ3v) is 2.66. The summed E-state index contributed by atoms with van der Waals surface area (Å²) in [6.07, 6.45) is 2.62. The van der Waals surface area contributed by atoms with Crippen LogP contribution in [0.1, 0.15) is 25.8 Å². The lowest BCUT2D eigenvalue weighted by molar-refractivity contribution is 0.305. The van der Waals surface area contributed by atoms with Crippen molar-refractivity contribution in [3.63, 3.8) is 0 Å². The van der Waals surface area contributed by atoms with E-state index in [1.807, 2.05) is 13.0 Å². The Morgan fingerprint density at radius 3 is 3.00 bits per heavy atom. The van der Waals surface area contributed by atoms with Crippen LogP contribution in [0, 0.1) is 0 Å². The maximum Gasteiger partial charge on any atom is 0.217 e. The van der Waals surface area contributed by atoms with E-state index in [0.717, 1.165) is 35.1 Å². The zero-order chi connectivity index (χ0) is 12.7. The van der Waals surface area contributed by atoms with Crippen molar-refractivity contribution < 1.29 is 4.74 Å².